The number of benzene rings is 1. The van der Waals surface area contributed by atoms with Crippen LogP contribution >= 0.6 is 0 Å². The lowest BCUT2D eigenvalue weighted by Crippen LogP contribution is -2.01. The van der Waals surface area contributed by atoms with Crippen LogP contribution in [0.4, 0.5) is 0 Å². The zero-order valence-corrected chi connectivity index (χ0v) is 9.40. The van der Waals surface area contributed by atoms with Crippen molar-refractivity contribution in [2.45, 2.75) is 32.5 Å². The minimum atomic E-state index is 0.360. The van der Waals surface area contributed by atoms with Gasteiger partial charge in [0.15, 0.2) is 0 Å². The van der Waals surface area contributed by atoms with E-state index in [1.165, 1.54) is 11.1 Å². The maximum absolute atomic E-state index is 5.55. The quantitative estimate of drug-likeness (QED) is 0.691. The van der Waals surface area contributed by atoms with Gasteiger partial charge in [-0.1, -0.05) is 38.1 Å². The predicted octanol–water partition coefficient (Wildman–Crippen LogP) is 2.73. The van der Waals surface area contributed by atoms with Crippen molar-refractivity contribution in [2.24, 2.45) is 0 Å². The molecule has 1 aliphatic heterocycles. The van der Waals surface area contributed by atoms with Crippen LogP contribution in [0.5, 0.6) is 0 Å². The fourth-order valence-corrected chi connectivity index (χ4v) is 1.51. The van der Waals surface area contributed by atoms with Crippen LogP contribution in [0.25, 0.3) is 0 Å². The van der Waals surface area contributed by atoms with Crippen molar-refractivity contribution >= 4 is 0 Å². The molecule has 1 aliphatic rings. The summed E-state index contributed by atoms with van der Waals surface area (Å²) in [5, 5.41) is 0. The molecule has 1 aromatic rings. The van der Waals surface area contributed by atoms with Crippen molar-refractivity contribution in [1.29, 1.82) is 0 Å². The number of epoxide rings is 1. The average molecular weight is 206 g/mol. The van der Waals surface area contributed by atoms with Gasteiger partial charge in [-0.05, 0) is 17.0 Å². The molecular formula is C13H18O2. The van der Waals surface area contributed by atoms with Gasteiger partial charge in [0, 0.05) is 0 Å². The van der Waals surface area contributed by atoms with Crippen LogP contribution in [0.2, 0.25) is 0 Å². The van der Waals surface area contributed by atoms with Gasteiger partial charge in [-0.15, -0.1) is 0 Å². The Morgan fingerprint density at radius 2 is 2.27 bits per heavy atom. The smallest absolute Gasteiger partial charge is 0.104 e. The largest absolute Gasteiger partial charge is 0.374 e. The van der Waals surface area contributed by atoms with Gasteiger partial charge in [-0.25, -0.2) is 0 Å². The fraction of sp³-hybridized carbons (Fsp3) is 0.538. The Balaban J connectivity index is 1.86. The highest BCUT2D eigenvalue weighted by Gasteiger charge is 2.22. The second kappa shape index (κ2) is 4.77. The highest BCUT2D eigenvalue weighted by molar-refractivity contribution is 5.25. The summed E-state index contributed by atoms with van der Waals surface area (Å²) < 4.78 is 10.6. The minimum Gasteiger partial charge on any atom is -0.374 e. The molecule has 1 unspecified atom stereocenters. The molecule has 1 heterocycles. The van der Waals surface area contributed by atoms with Crippen molar-refractivity contribution in [2.75, 3.05) is 13.2 Å². The second-order valence-corrected chi connectivity index (χ2v) is 4.37. The number of rotatable bonds is 5. The molecule has 15 heavy (non-hydrogen) atoms. The number of ether oxygens (including phenoxy) is 2. The highest BCUT2D eigenvalue weighted by Crippen LogP contribution is 2.16. The third-order valence-electron chi connectivity index (χ3n) is 2.59. The summed E-state index contributed by atoms with van der Waals surface area (Å²) >= 11 is 0. The predicted molar refractivity (Wildman–Crippen MR) is 59.9 cm³/mol. The van der Waals surface area contributed by atoms with Gasteiger partial charge in [-0.3, -0.25) is 0 Å². The SMILES string of the molecule is CC(C)c1cccc(COCC2CO2)c1. The Morgan fingerprint density at radius 1 is 1.47 bits per heavy atom. The maximum atomic E-state index is 5.55. The van der Waals surface area contributed by atoms with E-state index in [1.807, 2.05) is 0 Å². The molecule has 1 atom stereocenters. The standard InChI is InChI=1S/C13H18O2/c1-10(2)12-5-3-4-11(6-12)7-14-8-13-9-15-13/h3-6,10,13H,7-9H2,1-2H3. The van der Waals surface area contributed by atoms with E-state index in [0.29, 0.717) is 18.6 Å². The zero-order chi connectivity index (χ0) is 10.7. The van der Waals surface area contributed by atoms with Crippen molar-refractivity contribution in [3.05, 3.63) is 35.4 Å². The summed E-state index contributed by atoms with van der Waals surface area (Å²) in [6, 6.07) is 8.60. The van der Waals surface area contributed by atoms with Gasteiger partial charge >= 0.3 is 0 Å². The van der Waals surface area contributed by atoms with Crippen LogP contribution < -0.4 is 0 Å². The third-order valence-corrected chi connectivity index (χ3v) is 2.59. The van der Waals surface area contributed by atoms with Crippen LogP contribution in [0, 0.1) is 0 Å². The Bertz CT molecular complexity index is 316. The van der Waals surface area contributed by atoms with E-state index in [9.17, 15) is 0 Å². The van der Waals surface area contributed by atoms with Gasteiger partial charge in [-0.2, -0.15) is 0 Å². The van der Waals surface area contributed by atoms with Crippen LogP contribution in [-0.4, -0.2) is 19.3 Å². The minimum absolute atomic E-state index is 0.360. The van der Waals surface area contributed by atoms with E-state index in [1.54, 1.807) is 0 Å². The number of hydrogen-bond acceptors (Lipinski definition) is 2. The van der Waals surface area contributed by atoms with Gasteiger partial charge in [0.05, 0.1) is 19.8 Å². The Kier molecular flexibility index (Phi) is 3.39. The van der Waals surface area contributed by atoms with Crippen LogP contribution in [0.1, 0.15) is 30.9 Å². The molecule has 0 bridgehead atoms. The van der Waals surface area contributed by atoms with E-state index in [2.05, 4.69) is 38.1 Å². The molecule has 1 saturated heterocycles. The molecule has 0 aromatic heterocycles. The molecule has 82 valence electrons. The van der Waals surface area contributed by atoms with Crippen molar-refractivity contribution < 1.29 is 9.47 Å². The summed E-state index contributed by atoms with van der Waals surface area (Å²) in [6.07, 6.45) is 0.360. The monoisotopic (exact) mass is 206 g/mol. The van der Waals surface area contributed by atoms with E-state index >= 15 is 0 Å². The Hall–Kier alpha value is -0.860. The molecule has 0 amide bonds. The van der Waals surface area contributed by atoms with Gasteiger partial charge < -0.3 is 9.47 Å². The molecule has 0 spiro atoms. The summed E-state index contributed by atoms with van der Waals surface area (Å²) in [7, 11) is 0. The Labute approximate surface area is 91.2 Å². The highest BCUT2D eigenvalue weighted by atomic mass is 16.6. The first-order valence-corrected chi connectivity index (χ1v) is 5.54. The van der Waals surface area contributed by atoms with Gasteiger partial charge in [0.2, 0.25) is 0 Å². The molecule has 0 radical (unpaired) electrons. The first-order chi connectivity index (χ1) is 7.25. The molecular weight excluding hydrogens is 188 g/mol. The van der Waals surface area contributed by atoms with Crippen LogP contribution in [0.15, 0.2) is 24.3 Å². The topological polar surface area (TPSA) is 21.8 Å². The van der Waals surface area contributed by atoms with E-state index < -0.39 is 0 Å². The van der Waals surface area contributed by atoms with E-state index in [0.717, 1.165) is 13.2 Å². The normalized spacial score (nSPS) is 19.5. The lowest BCUT2D eigenvalue weighted by atomic mass is 10.0. The molecule has 2 heteroatoms. The fourth-order valence-electron chi connectivity index (χ4n) is 1.51. The molecule has 1 aromatic carbocycles. The summed E-state index contributed by atoms with van der Waals surface area (Å²) in [5.41, 5.74) is 2.63. The lowest BCUT2D eigenvalue weighted by Gasteiger charge is -2.08. The molecule has 1 fully saturated rings. The number of hydrogen-bond donors (Lipinski definition) is 0. The van der Waals surface area contributed by atoms with E-state index in [4.69, 9.17) is 9.47 Å². The lowest BCUT2D eigenvalue weighted by molar-refractivity contribution is 0.104. The van der Waals surface area contributed by atoms with Crippen molar-refractivity contribution in [3.63, 3.8) is 0 Å². The van der Waals surface area contributed by atoms with Gasteiger partial charge in [0.1, 0.15) is 6.10 Å². The van der Waals surface area contributed by atoms with Crippen LogP contribution in [0.3, 0.4) is 0 Å². The Morgan fingerprint density at radius 3 is 2.93 bits per heavy atom. The average Bonchev–Trinajstić information content (AvgIpc) is 3.02. The summed E-state index contributed by atoms with van der Waals surface area (Å²) in [4.78, 5) is 0. The van der Waals surface area contributed by atoms with Crippen LogP contribution in [-0.2, 0) is 16.1 Å². The second-order valence-electron chi connectivity index (χ2n) is 4.37. The first-order valence-electron chi connectivity index (χ1n) is 5.54. The third kappa shape index (κ3) is 3.33. The molecule has 0 N–H and O–H groups in total. The van der Waals surface area contributed by atoms with Gasteiger partial charge in [0.25, 0.3) is 0 Å². The molecule has 0 saturated carbocycles. The summed E-state index contributed by atoms with van der Waals surface area (Å²) in [5.74, 6) is 0.580. The summed E-state index contributed by atoms with van der Waals surface area (Å²) in [6.45, 7) is 6.70. The van der Waals surface area contributed by atoms with E-state index in [-0.39, 0.29) is 0 Å². The maximum Gasteiger partial charge on any atom is 0.104 e. The first kappa shape index (κ1) is 10.7. The van der Waals surface area contributed by atoms with Crippen molar-refractivity contribution in [3.8, 4) is 0 Å². The molecule has 2 rings (SSSR count). The van der Waals surface area contributed by atoms with Crippen molar-refractivity contribution in [1.82, 2.24) is 0 Å². The molecule has 2 nitrogen and oxygen atoms in total. The molecule has 0 aliphatic carbocycles. The zero-order valence-electron chi connectivity index (χ0n) is 9.40.